The number of nitrogens with zero attached hydrogens (tertiary/aromatic N) is 2. The Bertz CT molecular complexity index is 590. The highest BCUT2D eigenvalue weighted by molar-refractivity contribution is 5.77. The molecule has 0 fully saturated rings. The molecule has 1 unspecified atom stereocenters. The van der Waals surface area contributed by atoms with Gasteiger partial charge in [0.05, 0.1) is 6.07 Å². The second kappa shape index (κ2) is 7.05. The summed E-state index contributed by atoms with van der Waals surface area (Å²) in [6.07, 6.45) is 4.25. The van der Waals surface area contributed by atoms with Crippen LogP contribution in [0, 0.1) is 11.3 Å². The van der Waals surface area contributed by atoms with Gasteiger partial charge < -0.3 is 5.32 Å². The zero-order chi connectivity index (χ0) is 14.2. The number of amides is 1. The fourth-order valence-corrected chi connectivity index (χ4v) is 1.87. The van der Waals surface area contributed by atoms with Gasteiger partial charge in [0.2, 0.25) is 5.91 Å². The number of nitriles is 1. The van der Waals surface area contributed by atoms with Crippen LogP contribution in [0.15, 0.2) is 54.9 Å². The SMILES string of the molecule is N#CC(NC(=O)CCc1ccccc1)c1cccnc1. The van der Waals surface area contributed by atoms with Crippen molar-refractivity contribution < 1.29 is 4.79 Å². The summed E-state index contributed by atoms with van der Waals surface area (Å²) in [6.45, 7) is 0. The van der Waals surface area contributed by atoms with Gasteiger partial charge in [-0.05, 0) is 18.1 Å². The van der Waals surface area contributed by atoms with Crippen molar-refractivity contribution in [2.45, 2.75) is 18.9 Å². The normalized spacial score (nSPS) is 11.3. The molecule has 0 bridgehead atoms. The van der Waals surface area contributed by atoms with Gasteiger partial charge in [-0.1, -0.05) is 36.4 Å². The van der Waals surface area contributed by atoms with Crippen LogP contribution in [0.5, 0.6) is 0 Å². The predicted molar refractivity (Wildman–Crippen MR) is 75.5 cm³/mol. The highest BCUT2D eigenvalue weighted by atomic mass is 16.1. The number of carbonyl (C=O) groups excluding carboxylic acids is 1. The van der Waals surface area contributed by atoms with Crippen molar-refractivity contribution in [2.75, 3.05) is 0 Å². The van der Waals surface area contributed by atoms with Crippen molar-refractivity contribution in [3.05, 3.63) is 66.0 Å². The molecule has 20 heavy (non-hydrogen) atoms. The van der Waals surface area contributed by atoms with Crippen LogP contribution in [0.3, 0.4) is 0 Å². The molecule has 100 valence electrons. The maximum absolute atomic E-state index is 11.9. The lowest BCUT2D eigenvalue weighted by molar-refractivity contribution is -0.121. The molecule has 1 N–H and O–H groups in total. The first-order chi connectivity index (χ1) is 9.79. The molecule has 1 aromatic carbocycles. The Morgan fingerprint density at radius 3 is 2.70 bits per heavy atom. The molecule has 0 aliphatic rings. The van der Waals surface area contributed by atoms with Crippen LogP contribution in [0.4, 0.5) is 0 Å². The number of pyridine rings is 1. The standard InChI is InChI=1S/C16H15N3O/c17-11-15(14-7-4-10-18-12-14)19-16(20)9-8-13-5-2-1-3-6-13/h1-7,10,12,15H,8-9H2,(H,19,20). The molecule has 1 heterocycles. The van der Waals surface area contributed by atoms with Crippen LogP contribution >= 0.6 is 0 Å². The van der Waals surface area contributed by atoms with Crippen molar-refractivity contribution in [2.24, 2.45) is 0 Å². The second-order valence-electron chi connectivity index (χ2n) is 4.40. The van der Waals surface area contributed by atoms with Crippen LogP contribution in [-0.4, -0.2) is 10.9 Å². The Hall–Kier alpha value is -2.67. The number of nitrogens with one attached hydrogen (secondary N) is 1. The van der Waals surface area contributed by atoms with E-state index in [1.807, 2.05) is 30.3 Å². The van der Waals surface area contributed by atoms with Crippen molar-refractivity contribution in [3.63, 3.8) is 0 Å². The molecule has 0 aliphatic heterocycles. The van der Waals surface area contributed by atoms with E-state index >= 15 is 0 Å². The molecular weight excluding hydrogens is 250 g/mol. The van der Waals surface area contributed by atoms with E-state index in [4.69, 9.17) is 5.26 Å². The number of hydrogen-bond acceptors (Lipinski definition) is 3. The van der Waals surface area contributed by atoms with E-state index in [-0.39, 0.29) is 5.91 Å². The van der Waals surface area contributed by atoms with E-state index < -0.39 is 6.04 Å². The van der Waals surface area contributed by atoms with Crippen molar-refractivity contribution in [1.29, 1.82) is 5.26 Å². The lowest BCUT2D eigenvalue weighted by atomic mass is 10.1. The zero-order valence-electron chi connectivity index (χ0n) is 11.0. The summed E-state index contributed by atoms with van der Waals surface area (Å²) in [5, 5.41) is 11.8. The van der Waals surface area contributed by atoms with Gasteiger partial charge in [-0.2, -0.15) is 5.26 Å². The van der Waals surface area contributed by atoms with Crippen LogP contribution in [0.1, 0.15) is 23.6 Å². The minimum absolute atomic E-state index is 0.135. The lowest BCUT2D eigenvalue weighted by Crippen LogP contribution is -2.27. The Labute approximate surface area is 118 Å². The van der Waals surface area contributed by atoms with E-state index in [0.29, 0.717) is 18.4 Å². The van der Waals surface area contributed by atoms with Crippen molar-refractivity contribution >= 4 is 5.91 Å². The fourth-order valence-electron chi connectivity index (χ4n) is 1.87. The summed E-state index contributed by atoms with van der Waals surface area (Å²) in [5.41, 5.74) is 1.81. The van der Waals surface area contributed by atoms with Crippen LogP contribution in [0.2, 0.25) is 0 Å². The number of aromatic nitrogens is 1. The monoisotopic (exact) mass is 265 g/mol. The quantitative estimate of drug-likeness (QED) is 0.902. The molecule has 1 aromatic heterocycles. The molecule has 4 nitrogen and oxygen atoms in total. The van der Waals surface area contributed by atoms with Crippen LogP contribution in [0.25, 0.3) is 0 Å². The second-order valence-corrected chi connectivity index (χ2v) is 4.40. The highest BCUT2D eigenvalue weighted by Crippen LogP contribution is 2.10. The van der Waals surface area contributed by atoms with Crippen molar-refractivity contribution in [3.8, 4) is 6.07 Å². The summed E-state index contributed by atoms with van der Waals surface area (Å²) in [5.74, 6) is -0.135. The van der Waals surface area contributed by atoms with Gasteiger partial charge in [-0.3, -0.25) is 9.78 Å². The third-order valence-electron chi connectivity index (χ3n) is 2.94. The van der Waals surface area contributed by atoms with Gasteiger partial charge in [0.15, 0.2) is 0 Å². The lowest BCUT2D eigenvalue weighted by Gasteiger charge is -2.11. The van der Waals surface area contributed by atoms with E-state index in [1.165, 1.54) is 0 Å². The molecule has 4 heteroatoms. The molecule has 0 aliphatic carbocycles. The third kappa shape index (κ3) is 3.92. The Morgan fingerprint density at radius 2 is 2.05 bits per heavy atom. The number of rotatable bonds is 5. The minimum atomic E-state index is -0.646. The minimum Gasteiger partial charge on any atom is -0.337 e. The molecule has 0 saturated heterocycles. The smallest absolute Gasteiger partial charge is 0.221 e. The average Bonchev–Trinajstić information content (AvgIpc) is 2.52. The maximum atomic E-state index is 11.9. The number of carbonyl (C=O) groups is 1. The Balaban J connectivity index is 1.89. The van der Waals surface area contributed by atoms with Gasteiger partial charge in [0, 0.05) is 24.4 Å². The summed E-state index contributed by atoms with van der Waals surface area (Å²) in [7, 11) is 0. The van der Waals surface area contributed by atoms with Gasteiger partial charge in [0.1, 0.15) is 6.04 Å². The molecular formula is C16H15N3O. The first-order valence-corrected chi connectivity index (χ1v) is 6.42. The van der Waals surface area contributed by atoms with Gasteiger partial charge in [-0.25, -0.2) is 0 Å². The molecule has 1 atom stereocenters. The van der Waals surface area contributed by atoms with Gasteiger partial charge >= 0.3 is 0 Å². The summed E-state index contributed by atoms with van der Waals surface area (Å²) < 4.78 is 0. The number of aryl methyl sites for hydroxylation is 1. The maximum Gasteiger partial charge on any atom is 0.221 e. The summed E-state index contributed by atoms with van der Waals surface area (Å²) >= 11 is 0. The average molecular weight is 265 g/mol. The first-order valence-electron chi connectivity index (χ1n) is 6.42. The van der Waals surface area contributed by atoms with Crippen molar-refractivity contribution in [1.82, 2.24) is 10.3 Å². The molecule has 2 aromatic rings. The zero-order valence-corrected chi connectivity index (χ0v) is 11.0. The number of benzene rings is 1. The van der Waals surface area contributed by atoms with Gasteiger partial charge in [0.25, 0.3) is 0 Å². The highest BCUT2D eigenvalue weighted by Gasteiger charge is 2.13. The van der Waals surface area contributed by atoms with Crippen LogP contribution in [-0.2, 0) is 11.2 Å². The number of hydrogen-bond donors (Lipinski definition) is 1. The van der Waals surface area contributed by atoms with E-state index in [9.17, 15) is 4.79 Å². The topological polar surface area (TPSA) is 65.8 Å². The Kier molecular flexibility index (Phi) is 4.85. The fraction of sp³-hybridized carbons (Fsp3) is 0.188. The van der Waals surface area contributed by atoms with Crippen LogP contribution < -0.4 is 5.32 Å². The first kappa shape index (κ1) is 13.8. The predicted octanol–water partition coefficient (Wildman–Crippen LogP) is 2.40. The molecule has 0 spiro atoms. The summed E-state index contributed by atoms with van der Waals surface area (Å²) in [6, 6.07) is 14.7. The third-order valence-corrected chi connectivity index (χ3v) is 2.94. The largest absolute Gasteiger partial charge is 0.337 e. The molecule has 0 radical (unpaired) electrons. The molecule has 1 amide bonds. The van der Waals surface area contributed by atoms with E-state index in [0.717, 1.165) is 5.56 Å². The summed E-state index contributed by atoms with van der Waals surface area (Å²) in [4.78, 5) is 15.8. The van der Waals surface area contributed by atoms with Gasteiger partial charge in [-0.15, -0.1) is 0 Å². The molecule has 0 saturated carbocycles. The molecule has 2 rings (SSSR count). The van der Waals surface area contributed by atoms with E-state index in [1.54, 1.807) is 24.5 Å². The van der Waals surface area contributed by atoms with E-state index in [2.05, 4.69) is 16.4 Å². The Morgan fingerprint density at radius 1 is 1.25 bits per heavy atom.